The second-order valence-corrected chi connectivity index (χ2v) is 6.16. The van der Waals surface area contributed by atoms with Crippen LogP contribution in [-0.2, 0) is 11.2 Å². The van der Waals surface area contributed by atoms with Crippen molar-refractivity contribution in [1.29, 1.82) is 0 Å². The van der Waals surface area contributed by atoms with Crippen molar-refractivity contribution < 1.29 is 14.3 Å². The average molecular weight is 306 g/mol. The molecule has 5 nitrogen and oxygen atoms in total. The predicted molar refractivity (Wildman–Crippen MR) is 79.9 cm³/mol. The van der Waals surface area contributed by atoms with E-state index in [2.05, 4.69) is 4.98 Å². The summed E-state index contributed by atoms with van der Waals surface area (Å²) < 4.78 is 5.31. The molecule has 3 rings (SSSR count). The zero-order valence-corrected chi connectivity index (χ0v) is 12.5. The number of likely N-dealkylation sites (tertiary alicyclic amines) is 1. The minimum atomic E-state index is 0.114. The molecule has 112 valence electrons. The molecule has 1 N–H and O–H groups in total. The Morgan fingerprint density at radius 3 is 2.95 bits per heavy atom. The van der Waals surface area contributed by atoms with E-state index in [0.717, 1.165) is 42.4 Å². The summed E-state index contributed by atoms with van der Waals surface area (Å²) in [7, 11) is 0. The molecule has 0 radical (unpaired) electrons. The number of hydrogen-bond donors (Lipinski definition) is 1. The Kier molecular flexibility index (Phi) is 4.36. The molecule has 0 aliphatic carbocycles. The fraction of sp³-hybridized carbons (Fsp3) is 0.467. The summed E-state index contributed by atoms with van der Waals surface area (Å²) >= 11 is 1.49. The number of nitrogens with zero attached hydrogens (tertiary/aromatic N) is 2. The van der Waals surface area contributed by atoms with E-state index in [4.69, 9.17) is 9.52 Å². The summed E-state index contributed by atoms with van der Waals surface area (Å²) in [6.45, 7) is 1.69. The highest BCUT2D eigenvalue weighted by Crippen LogP contribution is 2.24. The maximum atomic E-state index is 12.3. The van der Waals surface area contributed by atoms with Crippen molar-refractivity contribution in [2.75, 3.05) is 19.7 Å². The van der Waals surface area contributed by atoms with Crippen molar-refractivity contribution in [3.05, 3.63) is 29.5 Å². The number of thiazole rings is 1. The summed E-state index contributed by atoms with van der Waals surface area (Å²) in [4.78, 5) is 18.6. The van der Waals surface area contributed by atoms with Crippen LogP contribution in [0.2, 0.25) is 0 Å². The summed E-state index contributed by atoms with van der Waals surface area (Å²) in [6.07, 6.45) is 3.72. The average Bonchev–Trinajstić information content (AvgIpc) is 3.18. The highest BCUT2D eigenvalue weighted by Gasteiger charge is 2.23. The summed E-state index contributed by atoms with van der Waals surface area (Å²) in [6, 6.07) is 3.69. The van der Waals surface area contributed by atoms with Gasteiger partial charge in [0.15, 0.2) is 10.8 Å². The lowest BCUT2D eigenvalue weighted by molar-refractivity contribution is -0.132. The van der Waals surface area contributed by atoms with E-state index in [1.807, 2.05) is 22.4 Å². The third-order valence-corrected chi connectivity index (χ3v) is 4.75. The lowest BCUT2D eigenvalue weighted by Crippen LogP contribution is -2.40. The Morgan fingerprint density at radius 1 is 1.48 bits per heavy atom. The molecule has 0 atom stereocenters. The van der Waals surface area contributed by atoms with Gasteiger partial charge in [-0.05, 0) is 30.9 Å². The van der Waals surface area contributed by atoms with Crippen LogP contribution in [0, 0.1) is 5.92 Å². The topological polar surface area (TPSA) is 66.6 Å². The highest BCUT2D eigenvalue weighted by atomic mass is 32.1. The molecule has 0 bridgehead atoms. The van der Waals surface area contributed by atoms with Gasteiger partial charge in [0.25, 0.3) is 0 Å². The number of aliphatic hydroxyl groups is 1. The number of piperidine rings is 1. The Hall–Kier alpha value is -1.66. The van der Waals surface area contributed by atoms with Crippen LogP contribution in [-0.4, -0.2) is 40.6 Å². The first kappa shape index (κ1) is 14.3. The van der Waals surface area contributed by atoms with Crippen molar-refractivity contribution in [3.8, 4) is 10.8 Å². The third kappa shape index (κ3) is 3.33. The number of furan rings is 1. The first-order valence-electron chi connectivity index (χ1n) is 7.13. The maximum Gasteiger partial charge on any atom is 0.228 e. The van der Waals surface area contributed by atoms with Gasteiger partial charge in [0.1, 0.15) is 0 Å². The lowest BCUT2D eigenvalue weighted by Gasteiger charge is -2.31. The van der Waals surface area contributed by atoms with Crippen LogP contribution in [0.15, 0.2) is 28.2 Å². The molecule has 2 aromatic heterocycles. The van der Waals surface area contributed by atoms with Crippen molar-refractivity contribution in [3.63, 3.8) is 0 Å². The molecular weight excluding hydrogens is 288 g/mol. The van der Waals surface area contributed by atoms with Gasteiger partial charge in [0.2, 0.25) is 5.91 Å². The molecule has 0 saturated carbocycles. The van der Waals surface area contributed by atoms with Gasteiger partial charge < -0.3 is 14.4 Å². The smallest absolute Gasteiger partial charge is 0.228 e. The number of aromatic nitrogens is 1. The van der Waals surface area contributed by atoms with E-state index in [1.165, 1.54) is 11.3 Å². The predicted octanol–water partition coefficient (Wildman–Crippen LogP) is 2.18. The monoisotopic (exact) mass is 306 g/mol. The van der Waals surface area contributed by atoms with Crippen LogP contribution in [0.4, 0.5) is 0 Å². The molecule has 1 aliphatic rings. The van der Waals surface area contributed by atoms with Crippen LogP contribution in [0.5, 0.6) is 0 Å². The third-order valence-electron chi connectivity index (χ3n) is 3.84. The first-order valence-corrected chi connectivity index (χ1v) is 8.01. The van der Waals surface area contributed by atoms with Gasteiger partial charge in [0, 0.05) is 25.1 Å². The summed E-state index contributed by atoms with van der Waals surface area (Å²) in [5.74, 6) is 1.20. The molecule has 0 aromatic carbocycles. The quantitative estimate of drug-likeness (QED) is 0.940. The van der Waals surface area contributed by atoms with Gasteiger partial charge in [-0.1, -0.05) is 0 Å². The van der Waals surface area contributed by atoms with Gasteiger partial charge in [-0.3, -0.25) is 4.79 Å². The molecule has 2 aromatic rings. The number of carbonyl (C=O) groups excluding carboxylic acids is 1. The van der Waals surface area contributed by atoms with Crippen molar-refractivity contribution in [2.45, 2.75) is 19.3 Å². The van der Waals surface area contributed by atoms with Gasteiger partial charge >= 0.3 is 0 Å². The molecule has 1 saturated heterocycles. The number of rotatable bonds is 4. The number of hydrogen-bond acceptors (Lipinski definition) is 5. The second-order valence-electron chi connectivity index (χ2n) is 5.30. The largest absolute Gasteiger partial charge is 0.462 e. The van der Waals surface area contributed by atoms with Gasteiger partial charge in [-0.2, -0.15) is 0 Å². The number of amides is 1. The van der Waals surface area contributed by atoms with E-state index < -0.39 is 0 Å². The standard InChI is InChI=1S/C15H18N2O3S/c18-9-11-3-5-17(6-4-11)14(19)8-12-10-21-15(16-12)13-2-1-7-20-13/h1-2,7,10-11,18H,3-6,8-9H2. The summed E-state index contributed by atoms with van der Waals surface area (Å²) in [5, 5.41) is 11.8. The van der Waals surface area contributed by atoms with Crippen LogP contribution >= 0.6 is 11.3 Å². The van der Waals surface area contributed by atoms with E-state index >= 15 is 0 Å². The number of aliphatic hydroxyl groups excluding tert-OH is 1. The minimum Gasteiger partial charge on any atom is -0.462 e. The molecule has 1 fully saturated rings. The van der Waals surface area contributed by atoms with Gasteiger partial charge in [-0.15, -0.1) is 11.3 Å². The zero-order valence-electron chi connectivity index (χ0n) is 11.7. The molecular formula is C15H18N2O3S. The molecule has 1 amide bonds. The van der Waals surface area contributed by atoms with Crippen LogP contribution in [0.3, 0.4) is 0 Å². The Morgan fingerprint density at radius 2 is 2.29 bits per heavy atom. The van der Waals surface area contributed by atoms with Crippen LogP contribution in [0.25, 0.3) is 10.8 Å². The van der Waals surface area contributed by atoms with E-state index in [-0.39, 0.29) is 12.5 Å². The van der Waals surface area contributed by atoms with Crippen molar-refractivity contribution >= 4 is 17.2 Å². The molecule has 6 heteroatoms. The Balaban J connectivity index is 1.58. The van der Waals surface area contributed by atoms with E-state index in [9.17, 15) is 4.79 Å². The van der Waals surface area contributed by atoms with Crippen LogP contribution in [0.1, 0.15) is 18.5 Å². The van der Waals surface area contributed by atoms with Gasteiger partial charge in [-0.25, -0.2) is 4.98 Å². The number of carbonyl (C=O) groups is 1. The molecule has 3 heterocycles. The minimum absolute atomic E-state index is 0.114. The molecule has 0 unspecified atom stereocenters. The molecule has 1 aliphatic heterocycles. The van der Waals surface area contributed by atoms with Gasteiger partial charge in [0.05, 0.1) is 18.4 Å². The fourth-order valence-electron chi connectivity index (χ4n) is 2.53. The fourth-order valence-corrected chi connectivity index (χ4v) is 3.32. The zero-order chi connectivity index (χ0) is 14.7. The molecule has 0 spiro atoms. The van der Waals surface area contributed by atoms with Crippen molar-refractivity contribution in [2.24, 2.45) is 5.92 Å². The second kappa shape index (κ2) is 6.41. The maximum absolute atomic E-state index is 12.3. The summed E-state index contributed by atoms with van der Waals surface area (Å²) in [5.41, 5.74) is 0.792. The SMILES string of the molecule is O=C(Cc1csc(-c2ccco2)n1)N1CCC(CO)CC1. The lowest BCUT2D eigenvalue weighted by atomic mass is 9.97. The highest BCUT2D eigenvalue weighted by molar-refractivity contribution is 7.13. The Labute approximate surface area is 127 Å². The molecule has 21 heavy (non-hydrogen) atoms. The van der Waals surface area contributed by atoms with Crippen LogP contribution < -0.4 is 0 Å². The Bertz CT molecular complexity index is 586. The van der Waals surface area contributed by atoms with E-state index in [1.54, 1.807) is 6.26 Å². The van der Waals surface area contributed by atoms with Crippen molar-refractivity contribution in [1.82, 2.24) is 9.88 Å². The first-order chi connectivity index (χ1) is 10.3. The normalized spacial score (nSPS) is 16.3. The van der Waals surface area contributed by atoms with E-state index in [0.29, 0.717) is 12.3 Å².